The average Bonchev–Trinajstić information content (AvgIpc) is 2.46. The minimum Gasteiger partial charge on any atom is -0.320 e. The molecule has 3 rings (SSSR count). The van der Waals surface area contributed by atoms with E-state index in [4.69, 9.17) is 5.73 Å². The molecule has 4 nitrogen and oxygen atoms in total. The summed E-state index contributed by atoms with van der Waals surface area (Å²) < 4.78 is 0. The number of benzene rings is 1. The minimum atomic E-state index is -0.194. The van der Waals surface area contributed by atoms with Gasteiger partial charge in [0.1, 0.15) is 0 Å². The van der Waals surface area contributed by atoms with Gasteiger partial charge >= 0.3 is 0 Å². The zero-order valence-electron chi connectivity index (χ0n) is 10.6. The number of aromatic nitrogens is 3. The molecule has 1 aromatic carbocycles. The molecule has 0 amide bonds. The van der Waals surface area contributed by atoms with Crippen LogP contribution in [0, 0.1) is 6.92 Å². The Bertz CT molecular complexity index is 724. The van der Waals surface area contributed by atoms with Crippen molar-refractivity contribution in [3.05, 3.63) is 65.7 Å². The molecule has 2 N–H and O–H groups in total. The number of nitrogens with two attached hydrogens (primary N) is 1. The third-order valence-corrected chi connectivity index (χ3v) is 3.27. The van der Waals surface area contributed by atoms with Crippen molar-refractivity contribution in [3.63, 3.8) is 0 Å². The van der Waals surface area contributed by atoms with Crippen molar-refractivity contribution in [2.75, 3.05) is 0 Å². The molecule has 1 atom stereocenters. The summed E-state index contributed by atoms with van der Waals surface area (Å²) in [5.41, 5.74) is 11.2. The standard InChI is InChI=1S/C15H14N4/c1-10-4-5-17-9-12(10)15(16)11-2-3-13-14(8-11)19-7-6-18-13/h2-9,15H,16H2,1H3. The summed E-state index contributed by atoms with van der Waals surface area (Å²) in [6.07, 6.45) is 6.97. The smallest absolute Gasteiger partial charge is 0.0890 e. The highest BCUT2D eigenvalue weighted by Gasteiger charge is 2.12. The fourth-order valence-electron chi connectivity index (χ4n) is 2.16. The monoisotopic (exact) mass is 250 g/mol. The molecule has 0 bridgehead atoms. The van der Waals surface area contributed by atoms with Crippen LogP contribution >= 0.6 is 0 Å². The first-order chi connectivity index (χ1) is 9.25. The Morgan fingerprint density at radius 2 is 1.79 bits per heavy atom. The van der Waals surface area contributed by atoms with Crippen molar-refractivity contribution < 1.29 is 0 Å². The zero-order chi connectivity index (χ0) is 13.2. The number of fused-ring (bicyclic) bond motifs is 1. The number of hydrogen-bond acceptors (Lipinski definition) is 4. The molecule has 2 heterocycles. The van der Waals surface area contributed by atoms with Gasteiger partial charge in [-0.25, -0.2) is 0 Å². The van der Waals surface area contributed by atoms with Gasteiger partial charge in [-0.1, -0.05) is 6.07 Å². The van der Waals surface area contributed by atoms with Crippen molar-refractivity contribution >= 4 is 11.0 Å². The second-order valence-electron chi connectivity index (χ2n) is 4.51. The Morgan fingerprint density at radius 3 is 2.58 bits per heavy atom. The van der Waals surface area contributed by atoms with E-state index in [0.29, 0.717) is 0 Å². The van der Waals surface area contributed by atoms with Gasteiger partial charge in [0.05, 0.1) is 17.1 Å². The van der Waals surface area contributed by atoms with Gasteiger partial charge in [-0.2, -0.15) is 0 Å². The van der Waals surface area contributed by atoms with Gasteiger partial charge in [0.2, 0.25) is 0 Å². The highest BCUT2D eigenvalue weighted by Crippen LogP contribution is 2.23. The Kier molecular flexibility index (Phi) is 2.93. The molecule has 2 aromatic heterocycles. The second kappa shape index (κ2) is 4.74. The van der Waals surface area contributed by atoms with Crippen molar-refractivity contribution in [2.45, 2.75) is 13.0 Å². The highest BCUT2D eigenvalue weighted by molar-refractivity contribution is 5.74. The lowest BCUT2D eigenvalue weighted by Crippen LogP contribution is -2.13. The summed E-state index contributed by atoms with van der Waals surface area (Å²) in [5, 5.41) is 0. The van der Waals surface area contributed by atoms with E-state index < -0.39 is 0 Å². The summed E-state index contributed by atoms with van der Waals surface area (Å²) in [4.78, 5) is 12.7. The van der Waals surface area contributed by atoms with E-state index in [1.54, 1.807) is 18.6 Å². The molecule has 0 aliphatic carbocycles. The fourth-order valence-corrected chi connectivity index (χ4v) is 2.16. The Balaban J connectivity index is 2.07. The molecule has 0 fully saturated rings. The number of rotatable bonds is 2. The van der Waals surface area contributed by atoms with E-state index in [2.05, 4.69) is 15.0 Å². The van der Waals surface area contributed by atoms with Crippen molar-refractivity contribution in [1.29, 1.82) is 0 Å². The van der Waals surface area contributed by atoms with Crippen LogP contribution in [0.5, 0.6) is 0 Å². The van der Waals surface area contributed by atoms with Gasteiger partial charge in [-0.3, -0.25) is 15.0 Å². The number of hydrogen-bond donors (Lipinski definition) is 1. The maximum Gasteiger partial charge on any atom is 0.0890 e. The van der Waals surface area contributed by atoms with Gasteiger partial charge < -0.3 is 5.73 Å². The fraction of sp³-hybridized carbons (Fsp3) is 0.133. The first kappa shape index (κ1) is 11.7. The summed E-state index contributed by atoms with van der Waals surface area (Å²) in [6.45, 7) is 2.04. The normalized spacial score (nSPS) is 12.5. The third kappa shape index (κ3) is 2.18. The van der Waals surface area contributed by atoms with Crippen LogP contribution in [0.4, 0.5) is 0 Å². The van der Waals surface area contributed by atoms with E-state index in [1.807, 2.05) is 37.4 Å². The number of aryl methyl sites for hydroxylation is 1. The first-order valence-electron chi connectivity index (χ1n) is 6.12. The van der Waals surface area contributed by atoms with Crippen LogP contribution < -0.4 is 5.73 Å². The van der Waals surface area contributed by atoms with Crippen LogP contribution in [-0.2, 0) is 0 Å². The molecule has 0 saturated carbocycles. The Morgan fingerprint density at radius 1 is 1.00 bits per heavy atom. The van der Waals surface area contributed by atoms with Crippen LogP contribution in [-0.4, -0.2) is 15.0 Å². The quantitative estimate of drug-likeness (QED) is 0.758. The van der Waals surface area contributed by atoms with Crippen LogP contribution in [0.1, 0.15) is 22.7 Å². The second-order valence-corrected chi connectivity index (χ2v) is 4.51. The molecule has 3 aromatic rings. The predicted molar refractivity (Wildman–Crippen MR) is 74.5 cm³/mol. The van der Waals surface area contributed by atoms with E-state index in [0.717, 1.165) is 27.7 Å². The zero-order valence-corrected chi connectivity index (χ0v) is 10.6. The van der Waals surface area contributed by atoms with Crippen molar-refractivity contribution in [2.24, 2.45) is 5.73 Å². The number of nitrogens with zero attached hydrogens (tertiary/aromatic N) is 3. The maximum absolute atomic E-state index is 6.32. The van der Waals surface area contributed by atoms with Crippen LogP contribution in [0.25, 0.3) is 11.0 Å². The molecular formula is C15H14N4. The molecule has 0 aliphatic rings. The molecular weight excluding hydrogens is 236 g/mol. The minimum absolute atomic E-state index is 0.194. The van der Waals surface area contributed by atoms with Crippen molar-refractivity contribution in [1.82, 2.24) is 15.0 Å². The molecule has 4 heteroatoms. The third-order valence-electron chi connectivity index (χ3n) is 3.27. The van der Waals surface area contributed by atoms with Crippen molar-refractivity contribution in [3.8, 4) is 0 Å². The number of pyridine rings is 1. The Hall–Kier alpha value is -2.33. The Labute approximate surface area is 111 Å². The summed E-state index contributed by atoms with van der Waals surface area (Å²) in [7, 11) is 0. The lowest BCUT2D eigenvalue weighted by Gasteiger charge is -2.14. The van der Waals surface area contributed by atoms with E-state index in [9.17, 15) is 0 Å². The van der Waals surface area contributed by atoms with Crippen LogP contribution in [0.15, 0.2) is 49.1 Å². The summed E-state index contributed by atoms with van der Waals surface area (Å²) in [5.74, 6) is 0. The predicted octanol–water partition coefficient (Wildman–Crippen LogP) is 2.38. The van der Waals surface area contributed by atoms with E-state index in [1.165, 1.54) is 0 Å². The van der Waals surface area contributed by atoms with E-state index in [-0.39, 0.29) is 6.04 Å². The lowest BCUT2D eigenvalue weighted by molar-refractivity contribution is 0.853. The van der Waals surface area contributed by atoms with Gasteiger partial charge in [0.25, 0.3) is 0 Å². The van der Waals surface area contributed by atoms with Gasteiger partial charge in [-0.05, 0) is 41.8 Å². The molecule has 1 unspecified atom stereocenters. The summed E-state index contributed by atoms with van der Waals surface area (Å²) >= 11 is 0. The lowest BCUT2D eigenvalue weighted by atomic mass is 9.97. The largest absolute Gasteiger partial charge is 0.320 e. The highest BCUT2D eigenvalue weighted by atomic mass is 14.8. The molecule has 94 valence electrons. The first-order valence-corrected chi connectivity index (χ1v) is 6.12. The SMILES string of the molecule is Cc1ccncc1C(N)c1ccc2nccnc2c1. The van der Waals surface area contributed by atoms with Gasteiger partial charge in [-0.15, -0.1) is 0 Å². The molecule has 19 heavy (non-hydrogen) atoms. The topological polar surface area (TPSA) is 64.7 Å². The van der Waals surface area contributed by atoms with Crippen LogP contribution in [0.2, 0.25) is 0 Å². The summed E-state index contributed by atoms with van der Waals surface area (Å²) in [6, 6.07) is 7.70. The van der Waals surface area contributed by atoms with Crippen LogP contribution in [0.3, 0.4) is 0 Å². The maximum atomic E-state index is 6.32. The molecule has 0 saturated heterocycles. The average molecular weight is 250 g/mol. The molecule has 0 aliphatic heterocycles. The molecule has 0 radical (unpaired) electrons. The van der Waals surface area contributed by atoms with Gasteiger partial charge in [0, 0.05) is 24.8 Å². The van der Waals surface area contributed by atoms with E-state index >= 15 is 0 Å². The van der Waals surface area contributed by atoms with Gasteiger partial charge in [0.15, 0.2) is 0 Å². The molecule has 0 spiro atoms.